The Morgan fingerprint density at radius 3 is 2.48 bits per heavy atom. The van der Waals surface area contributed by atoms with Crippen molar-refractivity contribution in [3.8, 4) is 0 Å². The molecule has 0 radical (unpaired) electrons. The Bertz CT molecular complexity index is 930. The number of pyridine rings is 1. The van der Waals surface area contributed by atoms with E-state index in [-0.39, 0.29) is 11.3 Å². The van der Waals surface area contributed by atoms with Gasteiger partial charge in [0.1, 0.15) is 5.82 Å². The second-order valence-corrected chi connectivity index (χ2v) is 5.50. The summed E-state index contributed by atoms with van der Waals surface area (Å²) in [6, 6.07) is 13.6. The first-order valence-electron chi connectivity index (χ1n) is 8.12. The van der Waals surface area contributed by atoms with E-state index < -0.39 is 11.9 Å². The van der Waals surface area contributed by atoms with Crippen molar-refractivity contribution in [3.63, 3.8) is 0 Å². The van der Waals surface area contributed by atoms with Gasteiger partial charge in [0.25, 0.3) is 5.91 Å². The number of hydrogen-bond acceptors (Lipinski definition) is 7. The van der Waals surface area contributed by atoms with E-state index in [1.807, 2.05) is 12.1 Å². The van der Waals surface area contributed by atoms with E-state index in [9.17, 15) is 9.59 Å². The van der Waals surface area contributed by atoms with Crippen molar-refractivity contribution in [1.29, 1.82) is 0 Å². The van der Waals surface area contributed by atoms with Crippen LogP contribution in [0.1, 0.15) is 26.4 Å². The number of anilines is 2. The van der Waals surface area contributed by atoms with Crippen molar-refractivity contribution in [3.05, 3.63) is 77.7 Å². The molecule has 0 saturated carbocycles. The Morgan fingerprint density at radius 1 is 1.00 bits per heavy atom. The van der Waals surface area contributed by atoms with E-state index in [1.54, 1.807) is 48.8 Å². The van der Waals surface area contributed by atoms with Gasteiger partial charge in [0.2, 0.25) is 0 Å². The summed E-state index contributed by atoms with van der Waals surface area (Å²) in [7, 11) is 1.28. The monoisotopic (exact) mass is 363 g/mol. The van der Waals surface area contributed by atoms with Gasteiger partial charge in [0, 0.05) is 18.9 Å². The summed E-state index contributed by atoms with van der Waals surface area (Å²) in [4.78, 5) is 28.1. The summed E-state index contributed by atoms with van der Waals surface area (Å²) in [6.45, 7) is 0.565. The third-order valence-electron chi connectivity index (χ3n) is 3.70. The van der Waals surface area contributed by atoms with Crippen molar-refractivity contribution >= 4 is 23.4 Å². The van der Waals surface area contributed by atoms with Crippen molar-refractivity contribution in [2.45, 2.75) is 6.54 Å². The summed E-state index contributed by atoms with van der Waals surface area (Å²) in [5, 5.41) is 13.7. The molecule has 0 fully saturated rings. The van der Waals surface area contributed by atoms with Gasteiger partial charge in [0.05, 0.1) is 18.4 Å². The van der Waals surface area contributed by atoms with E-state index in [0.29, 0.717) is 18.1 Å². The van der Waals surface area contributed by atoms with Crippen LogP contribution < -0.4 is 10.6 Å². The van der Waals surface area contributed by atoms with Gasteiger partial charge in [-0.15, -0.1) is 10.2 Å². The number of nitrogens with zero attached hydrogens (tertiary/aromatic N) is 3. The predicted octanol–water partition coefficient (Wildman–Crippen LogP) is 2.52. The third kappa shape index (κ3) is 4.63. The van der Waals surface area contributed by atoms with E-state index in [4.69, 9.17) is 4.74 Å². The van der Waals surface area contributed by atoms with Crippen LogP contribution in [0.15, 0.2) is 60.9 Å². The number of benzene rings is 1. The number of para-hydroxylation sites is 1. The number of nitrogens with one attached hydrogen (secondary N) is 2. The summed E-state index contributed by atoms with van der Waals surface area (Å²) >= 11 is 0. The first-order chi connectivity index (χ1) is 13.2. The molecule has 27 heavy (non-hydrogen) atoms. The Morgan fingerprint density at radius 2 is 1.78 bits per heavy atom. The van der Waals surface area contributed by atoms with Crippen LogP contribution in [0.4, 0.5) is 11.5 Å². The molecule has 2 N–H and O–H groups in total. The van der Waals surface area contributed by atoms with Crippen molar-refractivity contribution in [2.24, 2.45) is 0 Å². The Labute approximate surface area is 155 Å². The fourth-order valence-corrected chi connectivity index (χ4v) is 2.31. The lowest BCUT2D eigenvalue weighted by atomic mass is 10.1. The van der Waals surface area contributed by atoms with Gasteiger partial charge in [-0.1, -0.05) is 12.1 Å². The highest BCUT2D eigenvalue weighted by molar-refractivity contribution is 6.07. The molecule has 8 nitrogen and oxygen atoms in total. The molecule has 0 aliphatic heterocycles. The molecule has 3 aromatic rings. The van der Waals surface area contributed by atoms with Gasteiger partial charge in [-0.25, -0.2) is 4.79 Å². The lowest BCUT2D eigenvalue weighted by molar-refractivity contribution is 0.0602. The molecular weight excluding hydrogens is 346 g/mol. The zero-order valence-corrected chi connectivity index (χ0v) is 14.5. The standard InChI is InChI=1S/C19H17N5O3/c1-27-19(26)14-4-2-3-5-15(14)22-18(25)16-6-7-17(24-23-16)21-12-13-8-10-20-11-9-13/h2-11H,12H2,1H3,(H,21,24)(H,22,25). The van der Waals surface area contributed by atoms with Crippen molar-refractivity contribution in [2.75, 3.05) is 17.7 Å². The fraction of sp³-hybridized carbons (Fsp3) is 0.105. The van der Waals surface area contributed by atoms with E-state index in [2.05, 4.69) is 25.8 Å². The van der Waals surface area contributed by atoms with Crippen LogP contribution in [0.2, 0.25) is 0 Å². The summed E-state index contributed by atoms with van der Waals surface area (Å²) < 4.78 is 4.71. The largest absolute Gasteiger partial charge is 0.465 e. The highest BCUT2D eigenvalue weighted by Crippen LogP contribution is 2.17. The molecule has 0 aliphatic carbocycles. The quantitative estimate of drug-likeness (QED) is 0.648. The van der Waals surface area contributed by atoms with Crippen molar-refractivity contribution < 1.29 is 14.3 Å². The van der Waals surface area contributed by atoms with Gasteiger partial charge in [-0.2, -0.15) is 0 Å². The normalized spacial score (nSPS) is 10.1. The highest BCUT2D eigenvalue weighted by atomic mass is 16.5. The molecule has 2 heterocycles. The molecule has 136 valence electrons. The molecule has 0 unspecified atom stereocenters. The van der Waals surface area contributed by atoms with Crippen LogP contribution >= 0.6 is 0 Å². The van der Waals surface area contributed by atoms with Crippen LogP contribution in [0.3, 0.4) is 0 Å². The maximum Gasteiger partial charge on any atom is 0.339 e. The van der Waals surface area contributed by atoms with Gasteiger partial charge >= 0.3 is 5.97 Å². The Kier molecular flexibility index (Phi) is 5.68. The number of carbonyl (C=O) groups excluding carboxylic acids is 2. The van der Waals surface area contributed by atoms with Gasteiger partial charge in [-0.05, 0) is 42.0 Å². The molecule has 1 aromatic carbocycles. The number of methoxy groups -OCH3 is 1. The number of ether oxygens (including phenoxy) is 1. The van der Waals surface area contributed by atoms with Crippen LogP contribution in [-0.4, -0.2) is 34.2 Å². The summed E-state index contributed by atoms with van der Waals surface area (Å²) in [5.74, 6) is -0.467. The van der Waals surface area contributed by atoms with Gasteiger partial charge < -0.3 is 15.4 Å². The maximum absolute atomic E-state index is 12.4. The number of aromatic nitrogens is 3. The molecule has 0 aliphatic rings. The second kappa shape index (κ2) is 8.52. The van der Waals surface area contributed by atoms with Crippen LogP contribution in [0, 0.1) is 0 Å². The summed E-state index contributed by atoms with van der Waals surface area (Å²) in [5.41, 5.74) is 1.78. The third-order valence-corrected chi connectivity index (χ3v) is 3.70. The first-order valence-corrected chi connectivity index (χ1v) is 8.12. The number of esters is 1. The van der Waals surface area contributed by atoms with Crippen LogP contribution in [0.5, 0.6) is 0 Å². The highest BCUT2D eigenvalue weighted by Gasteiger charge is 2.15. The maximum atomic E-state index is 12.4. The fourth-order valence-electron chi connectivity index (χ4n) is 2.31. The zero-order chi connectivity index (χ0) is 19.1. The summed E-state index contributed by atoms with van der Waals surface area (Å²) in [6.07, 6.45) is 3.42. The van der Waals surface area contributed by atoms with Gasteiger partial charge in [0.15, 0.2) is 5.69 Å². The first kappa shape index (κ1) is 18.0. The molecule has 0 saturated heterocycles. The number of rotatable bonds is 6. The minimum Gasteiger partial charge on any atom is -0.465 e. The number of amides is 1. The van der Waals surface area contributed by atoms with Gasteiger partial charge in [-0.3, -0.25) is 9.78 Å². The zero-order valence-electron chi connectivity index (χ0n) is 14.5. The average molecular weight is 363 g/mol. The van der Waals surface area contributed by atoms with E-state index >= 15 is 0 Å². The number of carbonyl (C=O) groups is 2. The molecule has 0 bridgehead atoms. The Hall–Kier alpha value is -3.81. The molecule has 0 spiro atoms. The van der Waals surface area contributed by atoms with Crippen molar-refractivity contribution in [1.82, 2.24) is 15.2 Å². The van der Waals surface area contributed by atoms with Crippen LogP contribution in [0.25, 0.3) is 0 Å². The molecule has 0 atom stereocenters. The lowest BCUT2D eigenvalue weighted by Crippen LogP contribution is -2.17. The molecule has 3 rings (SSSR count). The molecular formula is C19H17N5O3. The van der Waals surface area contributed by atoms with E-state index in [0.717, 1.165) is 5.56 Å². The van der Waals surface area contributed by atoms with E-state index in [1.165, 1.54) is 7.11 Å². The molecule has 8 heteroatoms. The lowest BCUT2D eigenvalue weighted by Gasteiger charge is -2.09. The Balaban J connectivity index is 1.65. The minimum atomic E-state index is -0.535. The molecule has 1 amide bonds. The molecule has 2 aromatic heterocycles. The SMILES string of the molecule is COC(=O)c1ccccc1NC(=O)c1ccc(NCc2ccncc2)nn1. The average Bonchev–Trinajstić information content (AvgIpc) is 2.73. The predicted molar refractivity (Wildman–Crippen MR) is 99.3 cm³/mol. The minimum absolute atomic E-state index is 0.129. The topological polar surface area (TPSA) is 106 Å². The smallest absolute Gasteiger partial charge is 0.339 e. The second-order valence-electron chi connectivity index (χ2n) is 5.50. The number of hydrogen-bond donors (Lipinski definition) is 2. The van der Waals surface area contributed by atoms with Crippen LogP contribution in [-0.2, 0) is 11.3 Å².